The highest BCUT2D eigenvalue weighted by Gasteiger charge is 2.28. The lowest BCUT2D eigenvalue weighted by atomic mass is 10.1. The Morgan fingerprint density at radius 2 is 2.00 bits per heavy atom. The average Bonchev–Trinajstić information content (AvgIpc) is 2.27. The third-order valence-electron chi connectivity index (χ3n) is 2.24. The highest BCUT2D eigenvalue weighted by molar-refractivity contribution is 5.86. The molecule has 0 radical (unpaired) electrons. The molecule has 104 valence electrons. The molecule has 1 aromatic rings. The third-order valence-corrected chi connectivity index (χ3v) is 2.24. The monoisotopic (exact) mass is 273 g/mol. The number of aliphatic carboxylic acids is 1. The summed E-state index contributed by atoms with van der Waals surface area (Å²) in [4.78, 5) is 22.2. The number of nitrogens with one attached hydrogen (secondary N) is 1. The van der Waals surface area contributed by atoms with Crippen molar-refractivity contribution < 1.29 is 28.2 Å². The number of carbonyl (C=O) groups excluding carboxylic acids is 1. The molecule has 0 aliphatic rings. The van der Waals surface area contributed by atoms with Crippen molar-refractivity contribution in [2.24, 2.45) is 0 Å². The second-order valence-corrected chi connectivity index (χ2v) is 4.34. The lowest BCUT2D eigenvalue weighted by Crippen LogP contribution is -2.51. The van der Waals surface area contributed by atoms with Gasteiger partial charge in [0.25, 0.3) is 5.91 Å². The quantitative estimate of drug-likeness (QED) is 0.848. The van der Waals surface area contributed by atoms with Crippen LogP contribution in [-0.4, -0.2) is 29.1 Å². The predicted molar refractivity (Wildman–Crippen MR) is 61.7 cm³/mol. The van der Waals surface area contributed by atoms with Crippen LogP contribution >= 0.6 is 0 Å². The van der Waals surface area contributed by atoms with Gasteiger partial charge in [-0.3, -0.25) is 4.79 Å². The Morgan fingerprint density at radius 1 is 1.37 bits per heavy atom. The van der Waals surface area contributed by atoms with Crippen molar-refractivity contribution >= 4 is 11.9 Å². The molecule has 19 heavy (non-hydrogen) atoms. The second kappa shape index (κ2) is 5.64. The molecule has 0 aromatic heterocycles. The summed E-state index contributed by atoms with van der Waals surface area (Å²) in [6.07, 6.45) is 0. The number of hydrogen-bond acceptors (Lipinski definition) is 3. The molecule has 5 nitrogen and oxygen atoms in total. The standard InChI is InChI=1S/C12H13F2NO4/c1-12(2,11(17)18)15-10(16)6-19-9-4-3-7(13)5-8(9)14/h3-5H,6H2,1-2H3,(H,15,16)(H,17,18). The van der Waals surface area contributed by atoms with E-state index in [0.29, 0.717) is 6.07 Å². The summed E-state index contributed by atoms with van der Waals surface area (Å²) >= 11 is 0. The van der Waals surface area contributed by atoms with E-state index in [1.54, 1.807) is 0 Å². The minimum atomic E-state index is -1.46. The molecule has 0 spiro atoms. The Kier molecular flexibility index (Phi) is 4.42. The van der Waals surface area contributed by atoms with E-state index < -0.39 is 35.7 Å². The van der Waals surface area contributed by atoms with E-state index in [1.807, 2.05) is 0 Å². The average molecular weight is 273 g/mol. The number of benzene rings is 1. The molecule has 0 saturated carbocycles. The van der Waals surface area contributed by atoms with E-state index in [2.05, 4.69) is 5.32 Å². The van der Waals surface area contributed by atoms with Gasteiger partial charge in [0, 0.05) is 6.07 Å². The molecule has 0 aliphatic carbocycles. The summed E-state index contributed by atoms with van der Waals surface area (Å²) in [6, 6.07) is 2.65. The van der Waals surface area contributed by atoms with Crippen LogP contribution in [0, 0.1) is 11.6 Å². The SMILES string of the molecule is CC(C)(NC(=O)COc1ccc(F)cc1F)C(=O)O. The van der Waals surface area contributed by atoms with Gasteiger partial charge in [-0.2, -0.15) is 0 Å². The summed E-state index contributed by atoms with van der Waals surface area (Å²) < 4.78 is 30.6. The molecule has 0 saturated heterocycles. The molecule has 0 heterocycles. The van der Waals surface area contributed by atoms with Gasteiger partial charge in [-0.05, 0) is 26.0 Å². The highest BCUT2D eigenvalue weighted by atomic mass is 19.1. The zero-order chi connectivity index (χ0) is 14.6. The van der Waals surface area contributed by atoms with Gasteiger partial charge < -0.3 is 15.2 Å². The van der Waals surface area contributed by atoms with Crippen LogP contribution in [0.1, 0.15) is 13.8 Å². The fraction of sp³-hybridized carbons (Fsp3) is 0.333. The molecule has 1 amide bonds. The van der Waals surface area contributed by atoms with Crippen molar-refractivity contribution in [1.29, 1.82) is 0 Å². The minimum Gasteiger partial charge on any atom is -0.481 e. The normalized spacial score (nSPS) is 10.9. The number of carbonyl (C=O) groups is 2. The van der Waals surface area contributed by atoms with Crippen molar-refractivity contribution in [3.63, 3.8) is 0 Å². The summed E-state index contributed by atoms with van der Waals surface area (Å²) in [5.74, 6) is -3.93. The van der Waals surface area contributed by atoms with Crippen LogP contribution < -0.4 is 10.1 Å². The predicted octanol–water partition coefficient (Wildman–Crippen LogP) is 1.32. The smallest absolute Gasteiger partial charge is 0.328 e. The molecular formula is C12H13F2NO4. The van der Waals surface area contributed by atoms with Gasteiger partial charge >= 0.3 is 5.97 Å². The number of carboxylic acid groups (broad SMARTS) is 1. The van der Waals surface area contributed by atoms with Crippen molar-refractivity contribution in [1.82, 2.24) is 5.32 Å². The Labute approximate surface area is 108 Å². The first-order valence-electron chi connectivity index (χ1n) is 5.34. The van der Waals surface area contributed by atoms with E-state index in [1.165, 1.54) is 13.8 Å². The van der Waals surface area contributed by atoms with E-state index >= 15 is 0 Å². The first-order chi connectivity index (χ1) is 8.72. The Morgan fingerprint density at radius 3 is 2.53 bits per heavy atom. The fourth-order valence-corrected chi connectivity index (χ4v) is 1.17. The number of amides is 1. The van der Waals surface area contributed by atoms with Crippen molar-refractivity contribution in [2.75, 3.05) is 6.61 Å². The number of ether oxygens (including phenoxy) is 1. The van der Waals surface area contributed by atoms with Crippen LogP contribution in [0.4, 0.5) is 8.78 Å². The summed E-state index contributed by atoms with van der Waals surface area (Å²) in [7, 11) is 0. The minimum absolute atomic E-state index is 0.287. The van der Waals surface area contributed by atoms with Gasteiger partial charge in [-0.25, -0.2) is 13.6 Å². The number of halogens is 2. The van der Waals surface area contributed by atoms with Crippen molar-refractivity contribution in [2.45, 2.75) is 19.4 Å². The molecule has 0 unspecified atom stereocenters. The first-order valence-corrected chi connectivity index (χ1v) is 5.34. The Bertz CT molecular complexity index is 503. The molecule has 0 bridgehead atoms. The maximum atomic E-state index is 13.2. The summed E-state index contributed by atoms with van der Waals surface area (Å²) in [5, 5.41) is 11.0. The number of hydrogen-bond donors (Lipinski definition) is 2. The Hall–Kier alpha value is -2.18. The maximum Gasteiger partial charge on any atom is 0.328 e. The van der Waals surface area contributed by atoms with E-state index in [9.17, 15) is 18.4 Å². The van der Waals surface area contributed by atoms with Crippen LogP contribution in [0.2, 0.25) is 0 Å². The second-order valence-electron chi connectivity index (χ2n) is 4.34. The van der Waals surface area contributed by atoms with Gasteiger partial charge in [-0.1, -0.05) is 0 Å². The Balaban J connectivity index is 2.57. The van der Waals surface area contributed by atoms with Gasteiger partial charge in [-0.15, -0.1) is 0 Å². The van der Waals surface area contributed by atoms with Crippen LogP contribution in [-0.2, 0) is 9.59 Å². The van der Waals surface area contributed by atoms with Crippen LogP contribution in [0.3, 0.4) is 0 Å². The summed E-state index contributed by atoms with van der Waals surface area (Å²) in [5.41, 5.74) is -1.46. The molecule has 1 rings (SSSR count). The van der Waals surface area contributed by atoms with Crippen LogP contribution in [0.15, 0.2) is 18.2 Å². The van der Waals surface area contributed by atoms with Crippen molar-refractivity contribution in [3.8, 4) is 5.75 Å². The lowest BCUT2D eigenvalue weighted by molar-refractivity contribution is -0.146. The largest absolute Gasteiger partial charge is 0.481 e. The lowest BCUT2D eigenvalue weighted by Gasteiger charge is -2.20. The van der Waals surface area contributed by atoms with Gasteiger partial charge in [0.1, 0.15) is 11.4 Å². The fourth-order valence-electron chi connectivity index (χ4n) is 1.17. The zero-order valence-electron chi connectivity index (χ0n) is 10.4. The number of carboxylic acids is 1. The topological polar surface area (TPSA) is 75.6 Å². The first kappa shape index (κ1) is 14.9. The molecule has 0 aliphatic heterocycles. The van der Waals surface area contributed by atoms with E-state index in [0.717, 1.165) is 12.1 Å². The van der Waals surface area contributed by atoms with Gasteiger partial charge in [0.2, 0.25) is 0 Å². The molecule has 2 N–H and O–H groups in total. The molecular weight excluding hydrogens is 260 g/mol. The van der Waals surface area contributed by atoms with E-state index in [-0.39, 0.29) is 5.75 Å². The van der Waals surface area contributed by atoms with Crippen LogP contribution in [0.5, 0.6) is 5.75 Å². The maximum absolute atomic E-state index is 13.2. The zero-order valence-corrected chi connectivity index (χ0v) is 10.4. The number of rotatable bonds is 5. The third kappa shape index (κ3) is 4.20. The highest BCUT2D eigenvalue weighted by Crippen LogP contribution is 2.17. The molecule has 7 heteroatoms. The summed E-state index contributed by atoms with van der Waals surface area (Å²) in [6.45, 7) is 2.02. The molecule has 0 atom stereocenters. The van der Waals surface area contributed by atoms with Gasteiger partial charge in [0.05, 0.1) is 0 Å². The molecule has 0 fully saturated rings. The van der Waals surface area contributed by atoms with Crippen molar-refractivity contribution in [3.05, 3.63) is 29.8 Å². The van der Waals surface area contributed by atoms with Gasteiger partial charge in [0.15, 0.2) is 18.2 Å². The van der Waals surface area contributed by atoms with E-state index in [4.69, 9.17) is 9.84 Å². The molecule has 1 aromatic carbocycles. The van der Waals surface area contributed by atoms with Crippen LogP contribution in [0.25, 0.3) is 0 Å².